The molecule has 1 N–H and O–H groups in total. The summed E-state index contributed by atoms with van der Waals surface area (Å²) in [6, 6.07) is 9.46. The van der Waals surface area contributed by atoms with E-state index in [1.807, 2.05) is 37.3 Å². The normalized spacial score (nSPS) is 22.7. The Morgan fingerprint density at radius 2 is 1.87 bits per heavy atom. The Labute approximate surface area is 183 Å². The first-order valence-corrected chi connectivity index (χ1v) is 11.1. The van der Waals surface area contributed by atoms with Crippen molar-refractivity contribution in [3.63, 3.8) is 0 Å². The summed E-state index contributed by atoms with van der Waals surface area (Å²) < 4.78 is 10.4. The number of piperidine rings is 1. The third-order valence-electron chi connectivity index (χ3n) is 6.81. The van der Waals surface area contributed by atoms with Gasteiger partial charge in [0.25, 0.3) is 5.91 Å². The van der Waals surface area contributed by atoms with Gasteiger partial charge in [-0.2, -0.15) is 0 Å². The highest BCUT2D eigenvalue weighted by Gasteiger charge is 2.54. The number of furan rings is 1. The van der Waals surface area contributed by atoms with E-state index in [0.29, 0.717) is 19.4 Å². The van der Waals surface area contributed by atoms with Crippen LogP contribution in [0, 0.1) is 5.92 Å². The predicted molar refractivity (Wildman–Crippen MR) is 117 cm³/mol. The van der Waals surface area contributed by atoms with E-state index >= 15 is 0 Å². The maximum Gasteiger partial charge on any atom is 0.325 e. The molecule has 1 aromatic carbocycles. The molecule has 2 aromatic rings. The lowest BCUT2D eigenvalue weighted by Crippen LogP contribution is -2.55. The molecule has 166 valence electrons. The summed E-state index contributed by atoms with van der Waals surface area (Å²) in [5.41, 5.74) is 1.46. The van der Waals surface area contributed by atoms with Crippen molar-refractivity contribution in [2.24, 2.45) is 5.92 Å². The van der Waals surface area contributed by atoms with Gasteiger partial charge in [0, 0.05) is 18.7 Å². The predicted octanol–water partition coefficient (Wildman–Crippen LogP) is 3.44. The van der Waals surface area contributed by atoms with E-state index in [9.17, 15) is 9.59 Å². The maximum atomic E-state index is 13.4. The molecule has 2 fully saturated rings. The minimum absolute atomic E-state index is 0.0678. The van der Waals surface area contributed by atoms with Crippen molar-refractivity contribution < 1.29 is 18.7 Å². The quantitative estimate of drug-likeness (QED) is 0.656. The van der Waals surface area contributed by atoms with Gasteiger partial charge < -0.3 is 14.5 Å². The van der Waals surface area contributed by atoms with E-state index in [1.54, 1.807) is 19.6 Å². The van der Waals surface area contributed by atoms with Crippen LogP contribution >= 0.6 is 0 Å². The number of nitrogens with one attached hydrogen (secondary N) is 1. The molecule has 2 saturated heterocycles. The number of carbonyl (C=O) groups excluding carboxylic acids is 2. The molecule has 0 aliphatic carbocycles. The molecular weight excluding hydrogens is 394 g/mol. The second-order valence-corrected chi connectivity index (χ2v) is 8.49. The molecule has 1 atom stereocenters. The number of urea groups is 1. The number of nitrogens with zero attached hydrogens (tertiary/aromatic N) is 2. The number of amides is 3. The molecule has 0 radical (unpaired) electrons. The van der Waals surface area contributed by atoms with Gasteiger partial charge >= 0.3 is 6.03 Å². The highest BCUT2D eigenvalue weighted by molar-refractivity contribution is 6.07. The Kier molecular flexibility index (Phi) is 6.32. The molecular formula is C24H31N3O4. The van der Waals surface area contributed by atoms with Gasteiger partial charge in [0.2, 0.25) is 0 Å². The SMILES string of the molecule is CCC1(C2CCN(Cc3ccoc3)CC2)NC(=O)N(CCc2ccc(OC)cc2)C1=O. The number of rotatable bonds is 8. The minimum Gasteiger partial charge on any atom is -0.497 e. The highest BCUT2D eigenvalue weighted by atomic mass is 16.5. The third-order valence-corrected chi connectivity index (χ3v) is 6.81. The summed E-state index contributed by atoms with van der Waals surface area (Å²) in [7, 11) is 1.63. The van der Waals surface area contributed by atoms with E-state index < -0.39 is 5.54 Å². The molecule has 2 aliphatic rings. The van der Waals surface area contributed by atoms with Gasteiger partial charge in [0.1, 0.15) is 11.3 Å². The third kappa shape index (κ3) is 4.32. The average molecular weight is 426 g/mol. The number of hydrogen-bond donors (Lipinski definition) is 1. The summed E-state index contributed by atoms with van der Waals surface area (Å²) in [4.78, 5) is 30.0. The number of ether oxygens (including phenoxy) is 1. The lowest BCUT2D eigenvalue weighted by atomic mass is 9.75. The molecule has 3 amide bonds. The van der Waals surface area contributed by atoms with E-state index in [1.165, 1.54) is 10.5 Å². The molecule has 7 heteroatoms. The Balaban J connectivity index is 1.37. The lowest BCUT2D eigenvalue weighted by molar-refractivity contribution is -0.134. The fourth-order valence-corrected chi connectivity index (χ4v) is 4.91. The average Bonchev–Trinajstić information content (AvgIpc) is 3.39. The number of imide groups is 1. The fraction of sp³-hybridized carbons (Fsp3) is 0.500. The van der Waals surface area contributed by atoms with E-state index in [4.69, 9.17) is 9.15 Å². The van der Waals surface area contributed by atoms with Gasteiger partial charge in [-0.1, -0.05) is 19.1 Å². The first kappa shape index (κ1) is 21.4. The molecule has 0 saturated carbocycles. The van der Waals surface area contributed by atoms with Crippen molar-refractivity contribution in [2.45, 2.75) is 44.7 Å². The van der Waals surface area contributed by atoms with Gasteiger partial charge in [-0.05, 0) is 68.5 Å². The van der Waals surface area contributed by atoms with Gasteiger partial charge in [-0.3, -0.25) is 14.6 Å². The molecule has 1 aromatic heterocycles. The van der Waals surface area contributed by atoms with Crippen LogP contribution in [-0.4, -0.2) is 54.0 Å². The number of methoxy groups -OCH3 is 1. The largest absolute Gasteiger partial charge is 0.497 e. The first-order valence-electron chi connectivity index (χ1n) is 11.1. The maximum absolute atomic E-state index is 13.4. The zero-order valence-corrected chi connectivity index (χ0v) is 18.3. The molecule has 3 heterocycles. The Bertz CT molecular complexity index is 888. The van der Waals surface area contributed by atoms with Gasteiger partial charge in [-0.15, -0.1) is 0 Å². The number of carbonyl (C=O) groups is 2. The summed E-state index contributed by atoms with van der Waals surface area (Å²) in [5.74, 6) is 0.880. The molecule has 0 bridgehead atoms. The van der Waals surface area contributed by atoms with Crippen molar-refractivity contribution in [1.29, 1.82) is 0 Å². The van der Waals surface area contributed by atoms with E-state index in [0.717, 1.165) is 43.8 Å². The van der Waals surface area contributed by atoms with Gasteiger partial charge in [-0.25, -0.2) is 4.79 Å². The zero-order valence-electron chi connectivity index (χ0n) is 18.3. The Morgan fingerprint density at radius 1 is 1.13 bits per heavy atom. The van der Waals surface area contributed by atoms with Crippen molar-refractivity contribution >= 4 is 11.9 Å². The molecule has 2 aliphatic heterocycles. The van der Waals surface area contributed by atoms with Crippen molar-refractivity contribution in [3.8, 4) is 5.75 Å². The van der Waals surface area contributed by atoms with Gasteiger partial charge in [0.05, 0.1) is 19.6 Å². The van der Waals surface area contributed by atoms with Crippen LogP contribution in [0.25, 0.3) is 0 Å². The highest BCUT2D eigenvalue weighted by Crippen LogP contribution is 2.36. The fourth-order valence-electron chi connectivity index (χ4n) is 4.91. The summed E-state index contributed by atoms with van der Waals surface area (Å²) in [5, 5.41) is 3.09. The van der Waals surface area contributed by atoms with E-state index in [-0.39, 0.29) is 17.9 Å². The van der Waals surface area contributed by atoms with Crippen molar-refractivity contribution in [3.05, 3.63) is 54.0 Å². The molecule has 31 heavy (non-hydrogen) atoms. The van der Waals surface area contributed by atoms with E-state index in [2.05, 4.69) is 10.2 Å². The zero-order chi connectivity index (χ0) is 21.8. The lowest BCUT2D eigenvalue weighted by Gasteiger charge is -2.40. The molecule has 7 nitrogen and oxygen atoms in total. The Morgan fingerprint density at radius 3 is 2.48 bits per heavy atom. The van der Waals surface area contributed by atoms with Crippen LogP contribution in [-0.2, 0) is 17.8 Å². The smallest absolute Gasteiger partial charge is 0.325 e. The van der Waals surface area contributed by atoms with Crippen LogP contribution in [0.5, 0.6) is 5.75 Å². The number of hydrogen-bond acceptors (Lipinski definition) is 5. The summed E-state index contributed by atoms with van der Waals surface area (Å²) in [6.45, 7) is 5.07. The first-order chi connectivity index (χ1) is 15.1. The van der Waals surface area contributed by atoms with Crippen LogP contribution in [0.4, 0.5) is 4.79 Å². The second kappa shape index (κ2) is 9.14. The monoisotopic (exact) mass is 425 g/mol. The number of likely N-dealkylation sites (tertiary alicyclic amines) is 1. The van der Waals surface area contributed by atoms with Crippen molar-refractivity contribution in [2.75, 3.05) is 26.7 Å². The molecule has 1 unspecified atom stereocenters. The second-order valence-electron chi connectivity index (χ2n) is 8.49. The van der Waals surface area contributed by atoms with Crippen LogP contribution in [0.15, 0.2) is 47.3 Å². The standard InChI is InChI=1S/C24H31N3O4/c1-3-24(20-9-12-26(13-10-20)16-19-11-15-31-17-19)22(28)27(23(29)25-24)14-8-18-4-6-21(30-2)7-5-18/h4-7,11,15,17,20H,3,8-10,12-14,16H2,1-2H3,(H,25,29). The van der Waals surface area contributed by atoms with Crippen LogP contribution in [0.2, 0.25) is 0 Å². The topological polar surface area (TPSA) is 75.0 Å². The summed E-state index contributed by atoms with van der Waals surface area (Å²) >= 11 is 0. The van der Waals surface area contributed by atoms with Crippen LogP contribution < -0.4 is 10.1 Å². The summed E-state index contributed by atoms with van der Waals surface area (Å²) in [6.07, 6.45) is 6.51. The molecule has 0 spiro atoms. The van der Waals surface area contributed by atoms with Gasteiger partial charge in [0.15, 0.2) is 0 Å². The van der Waals surface area contributed by atoms with Crippen molar-refractivity contribution in [1.82, 2.24) is 15.1 Å². The number of benzene rings is 1. The minimum atomic E-state index is -0.779. The van der Waals surface area contributed by atoms with Crippen LogP contribution in [0.1, 0.15) is 37.3 Å². The van der Waals surface area contributed by atoms with Crippen LogP contribution in [0.3, 0.4) is 0 Å². The molecule has 4 rings (SSSR count). The Hall–Kier alpha value is -2.80.